The zero-order valence-electron chi connectivity index (χ0n) is 21.2. The van der Waals surface area contributed by atoms with Gasteiger partial charge < -0.3 is 60.2 Å². The van der Waals surface area contributed by atoms with Gasteiger partial charge in [-0.15, -0.1) is 0 Å². The van der Waals surface area contributed by atoms with E-state index >= 15 is 0 Å². The fourth-order valence-corrected chi connectivity index (χ4v) is 3.51. The van der Waals surface area contributed by atoms with Gasteiger partial charge in [0.15, 0.2) is 16.8 Å². The van der Waals surface area contributed by atoms with Gasteiger partial charge in [0, 0.05) is 0 Å². The van der Waals surface area contributed by atoms with Crippen LogP contribution in [-0.2, 0) is 57.4 Å². The quantitative estimate of drug-likeness (QED) is 0.0585. The summed E-state index contributed by atoms with van der Waals surface area (Å²) < 4.78 is 15.0. The SMILES string of the molecule is O=C(O)CC(CC(=O)O)(OCC(COC(CC(=O)O)(CC(=O)O)C(=O)O)OC(CC(=O)O)(CC(=O)O)C(=O)O)C(=O)O. The Balaban J connectivity index is 6.92. The molecular weight excluding hydrogens is 588 g/mol. The number of ether oxygens (including phenoxy) is 3. The Morgan fingerprint density at radius 1 is 0.405 bits per heavy atom. The van der Waals surface area contributed by atoms with Crippen molar-refractivity contribution in [3.8, 4) is 0 Å². The molecule has 21 heteroatoms. The van der Waals surface area contributed by atoms with E-state index in [1.54, 1.807) is 0 Å². The highest BCUT2D eigenvalue weighted by Crippen LogP contribution is 2.29. The fraction of sp³-hybridized carbons (Fsp3) is 0.571. The largest absolute Gasteiger partial charge is 0.481 e. The molecule has 0 aliphatic rings. The Hall–Kier alpha value is -4.89. The van der Waals surface area contributed by atoms with Crippen LogP contribution < -0.4 is 0 Å². The first-order valence-electron chi connectivity index (χ1n) is 11.1. The molecular formula is C21H26O21. The van der Waals surface area contributed by atoms with Crippen LogP contribution in [0.15, 0.2) is 0 Å². The molecule has 0 heterocycles. The Bertz CT molecular complexity index is 999. The Labute approximate surface area is 232 Å². The average molecular weight is 614 g/mol. The molecule has 0 aliphatic carbocycles. The van der Waals surface area contributed by atoms with E-state index in [1.807, 2.05) is 0 Å². The van der Waals surface area contributed by atoms with Crippen LogP contribution in [0, 0.1) is 0 Å². The molecule has 0 aromatic heterocycles. The van der Waals surface area contributed by atoms with E-state index in [-0.39, 0.29) is 0 Å². The molecule has 0 atom stereocenters. The van der Waals surface area contributed by atoms with Crippen LogP contribution in [0.3, 0.4) is 0 Å². The highest BCUT2D eigenvalue weighted by atomic mass is 16.6. The van der Waals surface area contributed by atoms with E-state index in [1.165, 1.54) is 0 Å². The van der Waals surface area contributed by atoms with Crippen molar-refractivity contribution in [2.24, 2.45) is 0 Å². The van der Waals surface area contributed by atoms with E-state index in [4.69, 9.17) is 44.8 Å². The fourth-order valence-electron chi connectivity index (χ4n) is 3.51. The number of aliphatic carboxylic acids is 9. The maximum absolute atomic E-state index is 12.0. The van der Waals surface area contributed by atoms with Crippen molar-refractivity contribution >= 4 is 53.7 Å². The van der Waals surface area contributed by atoms with Crippen molar-refractivity contribution in [3.63, 3.8) is 0 Å². The predicted octanol–water partition coefficient (Wildman–Crippen LogP) is -2.28. The lowest BCUT2D eigenvalue weighted by atomic mass is 9.94. The molecule has 0 unspecified atom stereocenters. The first kappa shape index (κ1) is 37.1. The molecule has 0 amide bonds. The van der Waals surface area contributed by atoms with Gasteiger partial charge in [0.25, 0.3) is 0 Å². The summed E-state index contributed by atoms with van der Waals surface area (Å²) in [5.41, 5.74) is -9.50. The van der Waals surface area contributed by atoms with Crippen LogP contribution in [0.1, 0.15) is 38.5 Å². The third kappa shape index (κ3) is 11.3. The van der Waals surface area contributed by atoms with Crippen molar-refractivity contribution in [2.75, 3.05) is 13.2 Å². The molecule has 21 nitrogen and oxygen atoms in total. The number of carboxylic acid groups (broad SMARTS) is 9. The molecule has 0 saturated heterocycles. The van der Waals surface area contributed by atoms with Gasteiger partial charge in [0.2, 0.25) is 0 Å². The van der Waals surface area contributed by atoms with E-state index < -0.39 is 128 Å². The zero-order valence-corrected chi connectivity index (χ0v) is 21.2. The molecule has 0 fully saturated rings. The van der Waals surface area contributed by atoms with Gasteiger partial charge in [-0.2, -0.15) is 0 Å². The molecule has 0 aromatic carbocycles. The van der Waals surface area contributed by atoms with Crippen LogP contribution in [0.25, 0.3) is 0 Å². The van der Waals surface area contributed by atoms with E-state index in [0.717, 1.165) is 0 Å². The van der Waals surface area contributed by atoms with Crippen molar-refractivity contribution in [1.82, 2.24) is 0 Å². The summed E-state index contributed by atoms with van der Waals surface area (Å²) in [7, 11) is 0. The summed E-state index contributed by atoms with van der Waals surface area (Å²) in [6.45, 7) is -2.92. The lowest BCUT2D eigenvalue weighted by molar-refractivity contribution is -0.216. The smallest absolute Gasteiger partial charge is 0.337 e. The summed E-state index contributed by atoms with van der Waals surface area (Å²) in [6, 6.07) is 0. The van der Waals surface area contributed by atoms with E-state index in [0.29, 0.717) is 0 Å². The van der Waals surface area contributed by atoms with Crippen molar-refractivity contribution in [3.05, 3.63) is 0 Å². The summed E-state index contributed by atoms with van der Waals surface area (Å²) in [6.07, 6.45) is -11.7. The van der Waals surface area contributed by atoms with Gasteiger partial charge in [0.1, 0.15) is 6.10 Å². The molecule has 0 aliphatic heterocycles. The van der Waals surface area contributed by atoms with Gasteiger partial charge in [-0.25, -0.2) is 14.4 Å². The molecule has 42 heavy (non-hydrogen) atoms. The second-order valence-corrected chi connectivity index (χ2v) is 8.68. The van der Waals surface area contributed by atoms with Crippen molar-refractivity contribution in [2.45, 2.75) is 61.4 Å². The van der Waals surface area contributed by atoms with Gasteiger partial charge in [0.05, 0.1) is 51.7 Å². The first-order valence-corrected chi connectivity index (χ1v) is 11.1. The van der Waals surface area contributed by atoms with Crippen LogP contribution in [0.5, 0.6) is 0 Å². The maximum Gasteiger partial charge on any atom is 0.337 e. The number of rotatable bonds is 23. The van der Waals surface area contributed by atoms with Crippen molar-refractivity contribution in [1.29, 1.82) is 0 Å². The van der Waals surface area contributed by atoms with E-state index in [2.05, 4.69) is 0 Å². The van der Waals surface area contributed by atoms with E-state index in [9.17, 15) is 58.5 Å². The highest BCUT2D eigenvalue weighted by molar-refractivity contribution is 5.90. The molecule has 9 N–H and O–H groups in total. The minimum Gasteiger partial charge on any atom is -0.481 e. The highest BCUT2D eigenvalue weighted by Gasteiger charge is 2.50. The molecule has 0 spiro atoms. The van der Waals surface area contributed by atoms with Gasteiger partial charge >= 0.3 is 53.7 Å². The molecule has 236 valence electrons. The molecule has 0 saturated carbocycles. The minimum absolute atomic E-state index is 1.46. The number of hydrogen-bond donors (Lipinski definition) is 9. The monoisotopic (exact) mass is 614 g/mol. The summed E-state index contributed by atoms with van der Waals surface area (Å²) in [4.78, 5) is 104. The second kappa shape index (κ2) is 15.2. The number of hydrogen-bond acceptors (Lipinski definition) is 12. The maximum atomic E-state index is 12.0. The van der Waals surface area contributed by atoms with Crippen molar-refractivity contribution < 1.29 is 103 Å². The standard InChI is InChI=1S/C21H26O21/c22-10(23)1-19(16(34)35,2-11(24)25)40-7-9(42-21(18(38)39,5-14(30)31)6-15(32)33)8-41-20(17(36)37,3-12(26)27)4-13(28)29/h9H,1-8H2,(H,22,23)(H,24,25)(H,26,27)(H,28,29)(H,30,31)(H,32,33)(H,34,35)(H,36,37)(H,38,39). The Morgan fingerprint density at radius 2 is 0.619 bits per heavy atom. The first-order chi connectivity index (χ1) is 19.1. The second-order valence-electron chi connectivity index (χ2n) is 8.68. The van der Waals surface area contributed by atoms with Crippen LogP contribution in [0.2, 0.25) is 0 Å². The topological polar surface area (TPSA) is 363 Å². The Morgan fingerprint density at radius 3 is 0.810 bits per heavy atom. The molecule has 0 aromatic rings. The molecule has 0 bridgehead atoms. The number of carboxylic acids is 9. The lowest BCUT2D eigenvalue weighted by Crippen LogP contribution is -2.53. The predicted molar refractivity (Wildman–Crippen MR) is 121 cm³/mol. The summed E-state index contributed by atoms with van der Waals surface area (Å²) in [5.74, 6) is -18.2. The summed E-state index contributed by atoms with van der Waals surface area (Å²) in [5, 5.41) is 83.5. The lowest BCUT2D eigenvalue weighted by Gasteiger charge is -2.35. The Kier molecular flexibility index (Phi) is 13.4. The number of carbonyl (C=O) groups is 9. The third-order valence-corrected chi connectivity index (χ3v) is 5.27. The molecule has 0 radical (unpaired) electrons. The minimum atomic E-state index is -3.24. The van der Waals surface area contributed by atoms with Gasteiger partial charge in [-0.3, -0.25) is 28.8 Å². The van der Waals surface area contributed by atoms with Crippen LogP contribution >= 0.6 is 0 Å². The van der Waals surface area contributed by atoms with Gasteiger partial charge in [-0.05, 0) is 0 Å². The van der Waals surface area contributed by atoms with Gasteiger partial charge in [-0.1, -0.05) is 0 Å². The average Bonchev–Trinajstić information content (AvgIpc) is 2.77. The zero-order chi connectivity index (χ0) is 33.1. The third-order valence-electron chi connectivity index (χ3n) is 5.27. The summed E-state index contributed by atoms with van der Waals surface area (Å²) >= 11 is 0. The molecule has 0 rings (SSSR count). The van der Waals surface area contributed by atoms with Crippen LogP contribution in [-0.4, -0.2) is 136 Å². The normalized spacial score (nSPS) is 11.9. The van der Waals surface area contributed by atoms with Crippen LogP contribution in [0.4, 0.5) is 0 Å².